The molecule has 0 saturated carbocycles. The van der Waals surface area contributed by atoms with Crippen molar-refractivity contribution in [2.24, 2.45) is 0 Å². The maximum absolute atomic E-state index is 12.1. The van der Waals surface area contributed by atoms with Gasteiger partial charge in [0.2, 0.25) is 0 Å². The van der Waals surface area contributed by atoms with E-state index in [0.717, 1.165) is 31.5 Å². The summed E-state index contributed by atoms with van der Waals surface area (Å²) in [6.07, 6.45) is 3.48. The molecule has 1 fully saturated rings. The Morgan fingerprint density at radius 1 is 1.06 bits per heavy atom. The van der Waals surface area contributed by atoms with E-state index in [0.29, 0.717) is 5.57 Å². The molecule has 84 valence electrons. The zero-order valence-electron chi connectivity index (χ0n) is 9.48. The largest absolute Gasteiger partial charge is 0.339 e. The van der Waals surface area contributed by atoms with Crippen LogP contribution in [0.2, 0.25) is 0 Å². The zero-order chi connectivity index (χ0) is 11.4. The first-order valence-electron chi connectivity index (χ1n) is 5.82. The lowest BCUT2D eigenvalue weighted by Crippen LogP contribution is -2.35. The van der Waals surface area contributed by atoms with E-state index in [-0.39, 0.29) is 5.91 Å². The van der Waals surface area contributed by atoms with Crippen LogP contribution in [-0.4, -0.2) is 23.9 Å². The normalized spacial score (nSPS) is 15.9. The van der Waals surface area contributed by atoms with Gasteiger partial charge in [0.1, 0.15) is 0 Å². The first-order valence-corrected chi connectivity index (χ1v) is 5.82. The van der Waals surface area contributed by atoms with Crippen LogP contribution in [0.3, 0.4) is 0 Å². The zero-order valence-corrected chi connectivity index (χ0v) is 9.48. The third-order valence-electron chi connectivity index (χ3n) is 3.02. The van der Waals surface area contributed by atoms with Gasteiger partial charge >= 0.3 is 0 Å². The number of likely N-dealkylation sites (tertiary alicyclic amines) is 1. The minimum atomic E-state index is 0.0888. The fourth-order valence-corrected chi connectivity index (χ4v) is 2.05. The lowest BCUT2D eigenvalue weighted by molar-refractivity contribution is -0.125. The summed E-state index contributed by atoms with van der Waals surface area (Å²) < 4.78 is 0. The summed E-state index contributed by atoms with van der Waals surface area (Å²) in [6.45, 7) is 5.67. The van der Waals surface area contributed by atoms with Gasteiger partial charge in [-0.2, -0.15) is 0 Å². The van der Waals surface area contributed by atoms with Crippen LogP contribution in [-0.2, 0) is 4.79 Å². The second kappa shape index (κ2) is 4.97. The van der Waals surface area contributed by atoms with Crippen molar-refractivity contribution in [3.8, 4) is 0 Å². The minimum absolute atomic E-state index is 0.0888. The van der Waals surface area contributed by atoms with Gasteiger partial charge in [-0.3, -0.25) is 4.79 Å². The van der Waals surface area contributed by atoms with Gasteiger partial charge in [-0.05, 0) is 24.8 Å². The molecule has 1 aliphatic heterocycles. The number of hydrogen-bond acceptors (Lipinski definition) is 1. The summed E-state index contributed by atoms with van der Waals surface area (Å²) in [4.78, 5) is 14.0. The van der Waals surface area contributed by atoms with Crippen molar-refractivity contribution < 1.29 is 4.79 Å². The molecule has 1 aromatic carbocycles. The molecule has 2 nitrogen and oxygen atoms in total. The highest BCUT2D eigenvalue weighted by molar-refractivity contribution is 6.18. The lowest BCUT2D eigenvalue weighted by Gasteiger charge is -2.27. The fraction of sp³-hybridized carbons (Fsp3) is 0.357. The smallest absolute Gasteiger partial charge is 0.253 e. The number of amides is 1. The van der Waals surface area contributed by atoms with Crippen LogP contribution in [0.25, 0.3) is 5.57 Å². The van der Waals surface area contributed by atoms with Crippen molar-refractivity contribution in [1.29, 1.82) is 0 Å². The third-order valence-corrected chi connectivity index (χ3v) is 3.02. The maximum atomic E-state index is 12.1. The average Bonchev–Trinajstić information content (AvgIpc) is 2.39. The second-order valence-corrected chi connectivity index (χ2v) is 4.20. The molecule has 0 atom stereocenters. The van der Waals surface area contributed by atoms with Gasteiger partial charge in [0, 0.05) is 18.7 Å². The number of benzene rings is 1. The standard InChI is InChI=1S/C14H17NO/c1-12(13-8-4-2-5-9-13)14(16)15-10-6-3-7-11-15/h2,4-5,8-9H,1,3,6-7,10-11H2. The molecule has 1 saturated heterocycles. The molecule has 0 N–H and O–H groups in total. The highest BCUT2D eigenvalue weighted by Crippen LogP contribution is 2.18. The SMILES string of the molecule is C=C(C(=O)N1CCCCC1)c1ccccc1. The Bertz CT molecular complexity index is 377. The van der Waals surface area contributed by atoms with Gasteiger partial charge in [-0.25, -0.2) is 0 Å². The van der Waals surface area contributed by atoms with E-state index in [4.69, 9.17) is 0 Å². The summed E-state index contributed by atoms with van der Waals surface area (Å²) >= 11 is 0. The third kappa shape index (κ3) is 2.32. The Morgan fingerprint density at radius 2 is 1.69 bits per heavy atom. The Hall–Kier alpha value is -1.57. The molecular weight excluding hydrogens is 198 g/mol. The first-order chi connectivity index (χ1) is 7.79. The molecule has 0 spiro atoms. The van der Waals surface area contributed by atoms with Crippen molar-refractivity contribution in [3.63, 3.8) is 0 Å². The van der Waals surface area contributed by atoms with Crippen LogP contribution in [0.5, 0.6) is 0 Å². The molecule has 1 amide bonds. The van der Waals surface area contributed by atoms with Crippen LogP contribution in [0.4, 0.5) is 0 Å². The van der Waals surface area contributed by atoms with E-state index >= 15 is 0 Å². The Morgan fingerprint density at radius 3 is 2.31 bits per heavy atom. The number of carbonyl (C=O) groups is 1. The van der Waals surface area contributed by atoms with Crippen LogP contribution in [0.1, 0.15) is 24.8 Å². The van der Waals surface area contributed by atoms with Crippen LogP contribution >= 0.6 is 0 Å². The number of piperidine rings is 1. The fourth-order valence-electron chi connectivity index (χ4n) is 2.05. The van der Waals surface area contributed by atoms with Crippen molar-refractivity contribution in [2.45, 2.75) is 19.3 Å². The van der Waals surface area contributed by atoms with Crippen molar-refractivity contribution in [2.75, 3.05) is 13.1 Å². The number of hydrogen-bond donors (Lipinski definition) is 0. The minimum Gasteiger partial charge on any atom is -0.339 e. The average molecular weight is 215 g/mol. The second-order valence-electron chi connectivity index (χ2n) is 4.20. The molecule has 2 heteroatoms. The van der Waals surface area contributed by atoms with Crippen molar-refractivity contribution in [3.05, 3.63) is 42.5 Å². The maximum Gasteiger partial charge on any atom is 0.253 e. The number of carbonyl (C=O) groups excluding carboxylic acids is 1. The van der Waals surface area contributed by atoms with Crippen molar-refractivity contribution in [1.82, 2.24) is 4.90 Å². The highest BCUT2D eigenvalue weighted by atomic mass is 16.2. The van der Waals surface area contributed by atoms with Gasteiger partial charge in [-0.15, -0.1) is 0 Å². The number of rotatable bonds is 2. The summed E-state index contributed by atoms with van der Waals surface area (Å²) in [5, 5.41) is 0. The van der Waals surface area contributed by atoms with Crippen LogP contribution in [0.15, 0.2) is 36.9 Å². The Kier molecular flexibility index (Phi) is 3.40. The topological polar surface area (TPSA) is 20.3 Å². The number of nitrogens with zero attached hydrogens (tertiary/aromatic N) is 1. The first kappa shape index (κ1) is 10.9. The quantitative estimate of drug-likeness (QED) is 0.695. The Labute approximate surface area is 96.6 Å². The van der Waals surface area contributed by atoms with Gasteiger partial charge in [0.05, 0.1) is 0 Å². The molecule has 0 aromatic heterocycles. The van der Waals surface area contributed by atoms with E-state index in [2.05, 4.69) is 6.58 Å². The van der Waals surface area contributed by atoms with Crippen LogP contribution < -0.4 is 0 Å². The summed E-state index contributed by atoms with van der Waals surface area (Å²) in [6, 6.07) is 9.69. The molecule has 0 unspecified atom stereocenters. The monoisotopic (exact) mass is 215 g/mol. The lowest BCUT2D eigenvalue weighted by atomic mass is 10.0. The van der Waals surface area contributed by atoms with Crippen molar-refractivity contribution >= 4 is 11.5 Å². The molecule has 16 heavy (non-hydrogen) atoms. The van der Waals surface area contributed by atoms with Gasteiger partial charge in [0.15, 0.2) is 0 Å². The van der Waals surface area contributed by atoms with E-state index < -0.39 is 0 Å². The highest BCUT2D eigenvalue weighted by Gasteiger charge is 2.19. The summed E-state index contributed by atoms with van der Waals surface area (Å²) in [7, 11) is 0. The summed E-state index contributed by atoms with van der Waals surface area (Å²) in [5.41, 5.74) is 1.54. The van der Waals surface area contributed by atoms with Crippen LogP contribution in [0, 0.1) is 0 Å². The molecule has 1 aliphatic rings. The summed E-state index contributed by atoms with van der Waals surface area (Å²) in [5.74, 6) is 0.0888. The molecule has 2 rings (SSSR count). The molecule has 0 bridgehead atoms. The van der Waals surface area contributed by atoms with E-state index in [1.807, 2.05) is 35.2 Å². The molecule has 1 aromatic rings. The predicted octanol–water partition coefficient (Wildman–Crippen LogP) is 2.71. The molecular formula is C14H17NO. The van der Waals surface area contributed by atoms with Gasteiger partial charge < -0.3 is 4.90 Å². The molecule has 1 heterocycles. The van der Waals surface area contributed by atoms with Gasteiger partial charge in [0.25, 0.3) is 5.91 Å². The van der Waals surface area contributed by atoms with E-state index in [9.17, 15) is 4.79 Å². The molecule has 0 radical (unpaired) electrons. The Balaban J connectivity index is 2.07. The van der Waals surface area contributed by atoms with E-state index in [1.165, 1.54) is 6.42 Å². The molecule has 0 aliphatic carbocycles. The van der Waals surface area contributed by atoms with Gasteiger partial charge in [-0.1, -0.05) is 36.9 Å². The van der Waals surface area contributed by atoms with E-state index in [1.54, 1.807) is 0 Å². The predicted molar refractivity (Wildman–Crippen MR) is 65.9 cm³/mol.